The molecular weight excluding hydrogens is 392 g/mol. The number of piperidine rings is 1. The zero-order valence-corrected chi connectivity index (χ0v) is 17.0. The van der Waals surface area contributed by atoms with Crippen LogP contribution < -0.4 is 11.1 Å². The van der Waals surface area contributed by atoms with E-state index >= 15 is 0 Å². The lowest BCUT2D eigenvalue weighted by Crippen LogP contribution is -2.48. The number of nitriles is 1. The highest BCUT2D eigenvalue weighted by Crippen LogP contribution is 2.35. The molecule has 10 heteroatoms. The molecule has 0 unspecified atom stereocenters. The highest BCUT2D eigenvalue weighted by Gasteiger charge is 2.40. The second-order valence-corrected chi connectivity index (χ2v) is 9.31. The summed E-state index contributed by atoms with van der Waals surface area (Å²) in [6.45, 7) is 2.21. The number of carbonyl (C=O) groups is 1. The minimum Gasteiger partial charge on any atom is -0.365 e. The van der Waals surface area contributed by atoms with Gasteiger partial charge in [-0.1, -0.05) is 18.2 Å². The molecule has 154 valence electrons. The number of nitrogens with one attached hydrogen (secondary N) is 1. The average molecular weight is 417 g/mol. The van der Waals surface area contributed by atoms with Crippen LogP contribution in [0.3, 0.4) is 0 Å². The summed E-state index contributed by atoms with van der Waals surface area (Å²) in [5.41, 5.74) is 5.81. The summed E-state index contributed by atoms with van der Waals surface area (Å²) < 4.78 is 27.4. The van der Waals surface area contributed by atoms with Gasteiger partial charge in [0.2, 0.25) is 10.0 Å². The number of nitrogens with zero attached hydrogens (tertiary/aromatic N) is 4. The van der Waals surface area contributed by atoms with Crippen LogP contribution >= 0.6 is 0 Å². The molecule has 1 aliphatic heterocycles. The SMILES string of the molecule is CCS(=O)(=O)N1CCC(CC#N)(n2cc(C(N)=O)c(Nc3ccccc3)n2)CC1. The monoisotopic (exact) mass is 416 g/mol. The molecule has 3 rings (SSSR count). The topological polar surface area (TPSA) is 134 Å². The van der Waals surface area contributed by atoms with Crippen LogP contribution in [0.5, 0.6) is 0 Å². The van der Waals surface area contributed by atoms with Gasteiger partial charge in [-0.3, -0.25) is 9.48 Å². The Morgan fingerprint density at radius 2 is 1.97 bits per heavy atom. The lowest BCUT2D eigenvalue weighted by molar-refractivity contribution is 0.1000. The minimum absolute atomic E-state index is 0.0387. The van der Waals surface area contributed by atoms with Gasteiger partial charge in [-0.25, -0.2) is 12.7 Å². The zero-order valence-electron chi connectivity index (χ0n) is 16.2. The zero-order chi connectivity index (χ0) is 21.1. The first-order valence-electron chi connectivity index (χ1n) is 9.38. The number of nitrogens with two attached hydrogens (primary N) is 1. The van der Waals surface area contributed by atoms with Gasteiger partial charge >= 0.3 is 0 Å². The maximum Gasteiger partial charge on any atom is 0.254 e. The normalized spacial score (nSPS) is 16.8. The van der Waals surface area contributed by atoms with E-state index in [9.17, 15) is 18.5 Å². The van der Waals surface area contributed by atoms with Gasteiger partial charge in [0, 0.05) is 25.0 Å². The van der Waals surface area contributed by atoms with Crippen molar-refractivity contribution >= 4 is 27.4 Å². The number of primary amides is 1. The maximum absolute atomic E-state index is 12.2. The van der Waals surface area contributed by atoms with Crippen LogP contribution in [0, 0.1) is 11.3 Å². The van der Waals surface area contributed by atoms with E-state index in [1.165, 1.54) is 4.31 Å². The molecule has 3 N–H and O–H groups in total. The lowest BCUT2D eigenvalue weighted by atomic mass is 9.86. The molecule has 1 fully saturated rings. The van der Waals surface area contributed by atoms with Crippen molar-refractivity contribution in [2.24, 2.45) is 5.73 Å². The predicted octanol–water partition coefficient (Wildman–Crippen LogP) is 1.78. The van der Waals surface area contributed by atoms with E-state index in [2.05, 4.69) is 16.5 Å². The fourth-order valence-electron chi connectivity index (χ4n) is 3.54. The quantitative estimate of drug-likeness (QED) is 0.706. The van der Waals surface area contributed by atoms with Crippen LogP contribution in [0.4, 0.5) is 11.5 Å². The molecule has 0 aliphatic carbocycles. The summed E-state index contributed by atoms with van der Waals surface area (Å²) in [6.07, 6.45) is 2.54. The van der Waals surface area contributed by atoms with Crippen molar-refractivity contribution in [3.05, 3.63) is 42.1 Å². The van der Waals surface area contributed by atoms with Crippen LogP contribution in [-0.2, 0) is 15.6 Å². The number of hydrogen-bond acceptors (Lipinski definition) is 6. The summed E-state index contributed by atoms with van der Waals surface area (Å²) in [5, 5.41) is 17.0. The molecule has 0 radical (unpaired) electrons. The molecule has 2 aromatic rings. The summed E-state index contributed by atoms with van der Waals surface area (Å²) in [4.78, 5) is 12.0. The third kappa shape index (κ3) is 4.26. The number of benzene rings is 1. The summed E-state index contributed by atoms with van der Waals surface area (Å²) >= 11 is 0. The number of carbonyl (C=O) groups excluding carboxylic acids is 1. The third-order valence-electron chi connectivity index (χ3n) is 5.32. The van der Waals surface area contributed by atoms with E-state index in [4.69, 9.17) is 5.73 Å². The molecular formula is C19H24N6O3S. The molecule has 0 saturated carbocycles. The highest BCUT2D eigenvalue weighted by atomic mass is 32.2. The number of para-hydroxylation sites is 1. The van der Waals surface area contributed by atoms with E-state index in [1.54, 1.807) is 17.8 Å². The Kier molecular flexibility index (Phi) is 5.91. The second-order valence-electron chi connectivity index (χ2n) is 7.05. The summed E-state index contributed by atoms with van der Waals surface area (Å²) in [5.74, 6) is -0.283. The molecule has 1 aromatic carbocycles. The van der Waals surface area contributed by atoms with Crippen molar-refractivity contribution in [1.29, 1.82) is 5.26 Å². The largest absolute Gasteiger partial charge is 0.365 e. The average Bonchev–Trinajstić information content (AvgIpc) is 3.14. The highest BCUT2D eigenvalue weighted by molar-refractivity contribution is 7.89. The number of anilines is 2. The number of sulfonamides is 1. The van der Waals surface area contributed by atoms with Crippen LogP contribution in [0.25, 0.3) is 0 Å². The van der Waals surface area contributed by atoms with Gasteiger partial charge in [-0.15, -0.1) is 0 Å². The third-order valence-corrected chi connectivity index (χ3v) is 7.20. The van der Waals surface area contributed by atoms with E-state index in [0.29, 0.717) is 31.7 Å². The molecule has 0 atom stereocenters. The Labute approximate surface area is 170 Å². The van der Waals surface area contributed by atoms with E-state index in [1.807, 2.05) is 30.3 Å². The summed E-state index contributed by atoms with van der Waals surface area (Å²) in [6, 6.07) is 11.4. The van der Waals surface area contributed by atoms with Crippen LogP contribution in [0.15, 0.2) is 36.5 Å². The van der Waals surface area contributed by atoms with Crippen molar-refractivity contribution in [2.75, 3.05) is 24.2 Å². The molecule has 1 amide bonds. The van der Waals surface area contributed by atoms with Gasteiger partial charge < -0.3 is 11.1 Å². The Balaban J connectivity index is 1.93. The predicted molar refractivity (Wildman–Crippen MR) is 109 cm³/mol. The molecule has 29 heavy (non-hydrogen) atoms. The first-order valence-corrected chi connectivity index (χ1v) is 11.0. The maximum atomic E-state index is 12.2. The Bertz CT molecular complexity index is 1020. The Morgan fingerprint density at radius 1 is 1.31 bits per heavy atom. The van der Waals surface area contributed by atoms with Crippen LogP contribution in [-0.4, -0.2) is 47.3 Å². The summed E-state index contributed by atoms with van der Waals surface area (Å²) in [7, 11) is -3.29. The first-order chi connectivity index (χ1) is 13.8. The van der Waals surface area contributed by atoms with Gasteiger partial charge in [0.25, 0.3) is 5.91 Å². The number of rotatable bonds is 7. The Morgan fingerprint density at radius 3 is 2.52 bits per heavy atom. The van der Waals surface area contributed by atoms with Crippen molar-refractivity contribution in [2.45, 2.75) is 31.7 Å². The van der Waals surface area contributed by atoms with E-state index in [-0.39, 0.29) is 17.7 Å². The second kappa shape index (κ2) is 8.23. The van der Waals surface area contributed by atoms with Gasteiger partial charge in [0.15, 0.2) is 5.82 Å². The van der Waals surface area contributed by atoms with Gasteiger partial charge in [-0.2, -0.15) is 10.4 Å². The van der Waals surface area contributed by atoms with Gasteiger partial charge in [-0.05, 0) is 31.9 Å². The van der Waals surface area contributed by atoms with Gasteiger partial charge in [0.05, 0.1) is 23.8 Å². The molecule has 1 aromatic heterocycles. The van der Waals surface area contributed by atoms with E-state index < -0.39 is 21.5 Å². The fourth-order valence-corrected chi connectivity index (χ4v) is 4.65. The van der Waals surface area contributed by atoms with Crippen molar-refractivity contribution < 1.29 is 13.2 Å². The van der Waals surface area contributed by atoms with E-state index in [0.717, 1.165) is 5.69 Å². The molecule has 0 bridgehead atoms. The van der Waals surface area contributed by atoms with Crippen molar-refractivity contribution in [3.8, 4) is 6.07 Å². The van der Waals surface area contributed by atoms with Gasteiger partial charge in [0.1, 0.15) is 5.56 Å². The number of amides is 1. The number of hydrogen-bond donors (Lipinski definition) is 2. The lowest BCUT2D eigenvalue weighted by Gasteiger charge is -2.40. The minimum atomic E-state index is -3.29. The van der Waals surface area contributed by atoms with Crippen molar-refractivity contribution in [3.63, 3.8) is 0 Å². The standard InChI is InChI=1S/C19H24N6O3S/c1-2-29(27,28)24-12-9-19(8-11-20,10-13-24)25-14-16(17(21)26)18(23-25)22-15-6-4-3-5-7-15/h3-7,14H,2,8-10,12-13H2,1H3,(H2,21,26)(H,22,23). The fraction of sp³-hybridized carbons (Fsp3) is 0.421. The molecule has 9 nitrogen and oxygen atoms in total. The molecule has 1 saturated heterocycles. The van der Waals surface area contributed by atoms with Crippen LogP contribution in [0.2, 0.25) is 0 Å². The Hall–Kier alpha value is -2.90. The first kappa shape index (κ1) is 20.8. The molecule has 0 spiro atoms. The molecule has 2 heterocycles. The van der Waals surface area contributed by atoms with Crippen LogP contribution in [0.1, 0.15) is 36.5 Å². The molecule has 1 aliphatic rings. The van der Waals surface area contributed by atoms with Crippen molar-refractivity contribution in [1.82, 2.24) is 14.1 Å². The number of aromatic nitrogens is 2. The smallest absolute Gasteiger partial charge is 0.254 e.